The average Bonchev–Trinajstić information content (AvgIpc) is 3.02. The fourth-order valence-corrected chi connectivity index (χ4v) is 2.89. The van der Waals surface area contributed by atoms with Gasteiger partial charge in [0.1, 0.15) is 0 Å². The minimum Gasteiger partial charge on any atom is -0.357 e. The summed E-state index contributed by atoms with van der Waals surface area (Å²) >= 11 is 5.97. The summed E-state index contributed by atoms with van der Waals surface area (Å²) in [4.78, 5) is 9.16. The first-order chi connectivity index (χ1) is 12.4. The molecule has 1 atom stereocenters. The van der Waals surface area contributed by atoms with Gasteiger partial charge in [-0.15, -0.1) is 24.0 Å². The predicted octanol–water partition coefficient (Wildman–Crippen LogP) is 3.39. The number of benzene rings is 1. The highest BCUT2D eigenvalue weighted by molar-refractivity contribution is 14.0. The summed E-state index contributed by atoms with van der Waals surface area (Å²) in [5.74, 6) is 0.887. The first-order valence-electron chi connectivity index (χ1n) is 8.79. The summed E-state index contributed by atoms with van der Waals surface area (Å²) in [6.45, 7) is 4.33. The maximum Gasteiger partial charge on any atom is 0.194 e. The number of guanidine groups is 1. The monoisotopic (exact) mass is 504 g/mol. The fraction of sp³-hybridized carbons (Fsp3) is 0.474. The highest BCUT2D eigenvalue weighted by Gasteiger charge is 2.16. The fourth-order valence-electron chi connectivity index (χ4n) is 2.76. The Morgan fingerprint density at radius 1 is 1.26 bits per heavy atom. The van der Waals surface area contributed by atoms with E-state index >= 15 is 0 Å². The van der Waals surface area contributed by atoms with Gasteiger partial charge in [-0.1, -0.05) is 23.7 Å². The van der Waals surface area contributed by atoms with Crippen molar-refractivity contribution in [2.45, 2.75) is 19.5 Å². The van der Waals surface area contributed by atoms with Crippen LogP contribution in [0.2, 0.25) is 5.02 Å². The van der Waals surface area contributed by atoms with E-state index in [-0.39, 0.29) is 30.0 Å². The highest BCUT2D eigenvalue weighted by Crippen LogP contribution is 2.18. The third kappa shape index (κ3) is 7.31. The topological polar surface area (TPSA) is 48.7 Å². The predicted molar refractivity (Wildman–Crippen MR) is 124 cm³/mol. The van der Waals surface area contributed by atoms with E-state index in [0.717, 1.165) is 29.6 Å². The number of hydrogen-bond donors (Lipinski definition) is 1. The molecule has 0 saturated carbocycles. The van der Waals surface area contributed by atoms with Gasteiger partial charge in [0.05, 0.1) is 18.8 Å². The van der Waals surface area contributed by atoms with Crippen molar-refractivity contribution in [2.75, 3.05) is 34.2 Å². The Morgan fingerprint density at radius 3 is 2.44 bits per heavy atom. The molecule has 0 spiro atoms. The van der Waals surface area contributed by atoms with Gasteiger partial charge in [-0.25, -0.2) is 0 Å². The Bertz CT molecular complexity index is 713. The minimum absolute atomic E-state index is 0. The van der Waals surface area contributed by atoms with Crippen molar-refractivity contribution < 1.29 is 0 Å². The molecule has 0 saturated heterocycles. The maximum absolute atomic E-state index is 5.97. The number of halogens is 2. The van der Waals surface area contributed by atoms with Crippen molar-refractivity contribution in [1.82, 2.24) is 24.9 Å². The van der Waals surface area contributed by atoms with E-state index in [4.69, 9.17) is 16.6 Å². The molecule has 6 nitrogen and oxygen atoms in total. The molecule has 150 valence electrons. The number of nitrogens with one attached hydrogen (secondary N) is 1. The molecule has 2 aromatic rings. The molecule has 1 unspecified atom stereocenters. The summed E-state index contributed by atoms with van der Waals surface area (Å²) in [5.41, 5.74) is 2.36. The lowest BCUT2D eigenvalue weighted by molar-refractivity contribution is 0.305. The second-order valence-electron chi connectivity index (χ2n) is 6.60. The van der Waals surface area contributed by atoms with E-state index in [1.54, 1.807) is 0 Å². The lowest BCUT2D eigenvalue weighted by Gasteiger charge is -2.25. The van der Waals surface area contributed by atoms with Crippen molar-refractivity contribution in [3.8, 4) is 0 Å². The van der Waals surface area contributed by atoms with Crippen molar-refractivity contribution in [2.24, 2.45) is 12.0 Å². The molecule has 0 amide bonds. The number of aromatic nitrogens is 2. The van der Waals surface area contributed by atoms with Crippen LogP contribution in [0.4, 0.5) is 0 Å². The summed E-state index contributed by atoms with van der Waals surface area (Å²) < 4.78 is 1.83. The number of likely N-dealkylation sites (N-methyl/N-ethyl adjacent to an activating group) is 1. The molecule has 2 rings (SSSR count). The van der Waals surface area contributed by atoms with Gasteiger partial charge in [-0.3, -0.25) is 9.67 Å². The van der Waals surface area contributed by atoms with Crippen LogP contribution in [0.3, 0.4) is 0 Å². The second-order valence-corrected chi connectivity index (χ2v) is 7.04. The molecule has 0 aliphatic heterocycles. The van der Waals surface area contributed by atoms with Gasteiger partial charge in [0, 0.05) is 44.0 Å². The van der Waals surface area contributed by atoms with Gasteiger partial charge < -0.3 is 15.1 Å². The van der Waals surface area contributed by atoms with Gasteiger partial charge in [0.15, 0.2) is 5.96 Å². The number of aryl methyl sites for hydroxylation is 1. The van der Waals surface area contributed by atoms with Crippen LogP contribution in [0.15, 0.2) is 41.7 Å². The molecule has 0 aliphatic carbocycles. The molecule has 0 aliphatic rings. The molecule has 1 aromatic carbocycles. The third-order valence-electron chi connectivity index (χ3n) is 4.18. The molecule has 0 radical (unpaired) electrons. The van der Waals surface area contributed by atoms with E-state index in [1.165, 1.54) is 5.56 Å². The second kappa shape index (κ2) is 11.5. The molecule has 27 heavy (non-hydrogen) atoms. The van der Waals surface area contributed by atoms with Crippen molar-refractivity contribution in [3.05, 3.63) is 52.8 Å². The first-order valence-corrected chi connectivity index (χ1v) is 9.17. The molecule has 0 fully saturated rings. The molecule has 1 aromatic heterocycles. The van der Waals surface area contributed by atoms with Crippen LogP contribution in [0, 0.1) is 0 Å². The van der Waals surface area contributed by atoms with E-state index in [0.29, 0.717) is 6.54 Å². The van der Waals surface area contributed by atoms with Crippen LogP contribution >= 0.6 is 35.6 Å². The minimum atomic E-state index is 0. The summed E-state index contributed by atoms with van der Waals surface area (Å²) in [6, 6.07) is 8.10. The smallest absolute Gasteiger partial charge is 0.194 e. The van der Waals surface area contributed by atoms with E-state index in [2.05, 4.69) is 41.2 Å². The summed E-state index contributed by atoms with van der Waals surface area (Å²) in [7, 11) is 8.11. The summed E-state index contributed by atoms with van der Waals surface area (Å²) in [6.07, 6.45) is 3.95. The number of rotatable bonds is 7. The normalized spacial score (nSPS) is 12.6. The van der Waals surface area contributed by atoms with Crippen molar-refractivity contribution in [3.63, 3.8) is 0 Å². The maximum atomic E-state index is 5.97. The van der Waals surface area contributed by atoms with E-state index < -0.39 is 0 Å². The van der Waals surface area contributed by atoms with Crippen LogP contribution in [0.25, 0.3) is 0 Å². The zero-order valence-electron chi connectivity index (χ0n) is 16.7. The van der Waals surface area contributed by atoms with Gasteiger partial charge in [-0.2, -0.15) is 5.10 Å². The molecule has 1 heterocycles. The van der Waals surface area contributed by atoms with Gasteiger partial charge in [-0.05, 0) is 38.7 Å². The standard InChI is InChI=1S/C19H29ClN6.HI/c1-6-21-19(25(4)13-15-7-9-17(20)10-8-15)22-12-18(24(2)3)16-11-23-26(5)14-16;/h7-11,14,18H,6,12-13H2,1-5H3,(H,21,22);1H. The Kier molecular flexibility index (Phi) is 10.1. The van der Waals surface area contributed by atoms with Gasteiger partial charge in [0.25, 0.3) is 0 Å². The summed E-state index contributed by atoms with van der Waals surface area (Å²) in [5, 5.41) is 8.41. The molecule has 0 bridgehead atoms. The van der Waals surface area contributed by atoms with E-state index in [9.17, 15) is 0 Å². The van der Waals surface area contributed by atoms with Crippen LogP contribution < -0.4 is 5.32 Å². The first kappa shape index (κ1) is 23.7. The SMILES string of the molecule is CCNC(=NCC(c1cnn(C)c1)N(C)C)N(C)Cc1ccc(Cl)cc1.I. The molecule has 1 N–H and O–H groups in total. The van der Waals surface area contributed by atoms with Crippen molar-refractivity contribution in [1.29, 1.82) is 0 Å². The quantitative estimate of drug-likeness (QED) is 0.357. The lowest BCUT2D eigenvalue weighted by Crippen LogP contribution is -2.39. The highest BCUT2D eigenvalue weighted by atomic mass is 127. The van der Waals surface area contributed by atoms with Crippen LogP contribution in [-0.4, -0.2) is 59.8 Å². The van der Waals surface area contributed by atoms with Crippen LogP contribution in [0.1, 0.15) is 24.1 Å². The van der Waals surface area contributed by atoms with E-state index in [1.807, 2.05) is 55.4 Å². The Hall–Kier alpha value is -1.32. The molecular formula is C19H30ClIN6. The molecular weight excluding hydrogens is 475 g/mol. The average molecular weight is 505 g/mol. The van der Waals surface area contributed by atoms with Gasteiger partial charge in [0.2, 0.25) is 0 Å². The van der Waals surface area contributed by atoms with Crippen molar-refractivity contribution >= 4 is 41.5 Å². The van der Waals surface area contributed by atoms with Crippen LogP contribution in [0.5, 0.6) is 0 Å². The number of hydrogen-bond acceptors (Lipinski definition) is 3. The third-order valence-corrected chi connectivity index (χ3v) is 4.43. The Labute approximate surface area is 184 Å². The molecule has 8 heteroatoms. The lowest BCUT2D eigenvalue weighted by atomic mass is 10.1. The zero-order valence-corrected chi connectivity index (χ0v) is 19.8. The Morgan fingerprint density at radius 2 is 1.93 bits per heavy atom. The number of aliphatic imine (C=N–C) groups is 1. The Balaban J connectivity index is 0.00000364. The zero-order chi connectivity index (χ0) is 19.1. The van der Waals surface area contributed by atoms with Gasteiger partial charge >= 0.3 is 0 Å². The van der Waals surface area contributed by atoms with Crippen LogP contribution in [-0.2, 0) is 13.6 Å². The number of nitrogens with zero attached hydrogens (tertiary/aromatic N) is 5. The largest absolute Gasteiger partial charge is 0.357 e.